The van der Waals surface area contributed by atoms with Crippen molar-refractivity contribution in [2.75, 3.05) is 30.4 Å². The molecule has 0 aromatic carbocycles. The van der Waals surface area contributed by atoms with Crippen molar-refractivity contribution in [3.8, 4) is 0 Å². The van der Waals surface area contributed by atoms with Crippen LogP contribution in [0.5, 0.6) is 0 Å². The quantitative estimate of drug-likeness (QED) is 0.754. The van der Waals surface area contributed by atoms with Crippen LogP contribution in [0.1, 0.15) is 39.2 Å². The Hall–Kier alpha value is -1.36. The summed E-state index contributed by atoms with van der Waals surface area (Å²) < 4.78 is 0. The molecule has 0 saturated heterocycles. The summed E-state index contributed by atoms with van der Waals surface area (Å²) in [6, 6.07) is 0. The summed E-state index contributed by atoms with van der Waals surface area (Å²) in [5.74, 6) is 1.90. The summed E-state index contributed by atoms with van der Waals surface area (Å²) in [7, 11) is 2.01. The Kier molecular flexibility index (Phi) is 6.56. The van der Waals surface area contributed by atoms with Crippen molar-refractivity contribution in [3.63, 3.8) is 0 Å². The number of aliphatic hydroxyl groups is 1. The maximum absolute atomic E-state index is 9.39. The molecule has 0 saturated carbocycles. The standard InChI is InChI=1S/C14H26N4O/c1-5-7-12-13(15-6-2)16-10-17-14(12)18(4)9-8-11(3)19/h10-11,19H,5-9H2,1-4H3,(H,15,16,17). The van der Waals surface area contributed by atoms with E-state index in [2.05, 4.69) is 34.0 Å². The van der Waals surface area contributed by atoms with Crippen molar-refractivity contribution < 1.29 is 5.11 Å². The molecule has 5 heteroatoms. The van der Waals surface area contributed by atoms with Crippen molar-refractivity contribution in [2.24, 2.45) is 0 Å². The van der Waals surface area contributed by atoms with E-state index in [0.29, 0.717) is 0 Å². The minimum Gasteiger partial charge on any atom is -0.393 e. The Morgan fingerprint density at radius 2 is 2.11 bits per heavy atom. The third-order valence-electron chi connectivity index (χ3n) is 3.01. The van der Waals surface area contributed by atoms with Crippen molar-refractivity contribution in [3.05, 3.63) is 11.9 Å². The maximum atomic E-state index is 9.39. The number of hydrogen-bond acceptors (Lipinski definition) is 5. The summed E-state index contributed by atoms with van der Waals surface area (Å²) in [5.41, 5.74) is 1.17. The number of nitrogens with zero attached hydrogens (tertiary/aromatic N) is 3. The van der Waals surface area contributed by atoms with Gasteiger partial charge in [0.25, 0.3) is 0 Å². The molecule has 0 aliphatic carbocycles. The second-order valence-electron chi connectivity index (χ2n) is 4.86. The normalized spacial score (nSPS) is 12.3. The Balaban J connectivity index is 2.93. The fourth-order valence-electron chi connectivity index (χ4n) is 2.02. The van der Waals surface area contributed by atoms with Crippen molar-refractivity contribution >= 4 is 11.6 Å². The number of aliphatic hydroxyl groups excluding tert-OH is 1. The van der Waals surface area contributed by atoms with Gasteiger partial charge in [-0.15, -0.1) is 0 Å². The van der Waals surface area contributed by atoms with Crippen molar-refractivity contribution in [1.29, 1.82) is 0 Å². The van der Waals surface area contributed by atoms with E-state index < -0.39 is 0 Å². The minimum absolute atomic E-state index is 0.285. The zero-order valence-electron chi connectivity index (χ0n) is 12.5. The first-order chi connectivity index (χ1) is 9.10. The SMILES string of the molecule is CCCc1c(NCC)ncnc1N(C)CCC(C)O. The van der Waals surface area contributed by atoms with Gasteiger partial charge in [0.1, 0.15) is 18.0 Å². The molecule has 108 valence electrons. The van der Waals surface area contributed by atoms with Crippen LogP contribution in [0.3, 0.4) is 0 Å². The lowest BCUT2D eigenvalue weighted by molar-refractivity contribution is 0.187. The van der Waals surface area contributed by atoms with Gasteiger partial charge in [0, 0.05) is 25.7 Å². The molecule has 19 heavy (non-hydrogen) atoms. The molecular formula is C14H26N4O. The molecule has 5 nitrogen and oxygen atoms in total. The third kappa shape index (κ3) is 4.67. The summed E-state index contributed by atoms with van der Waals surface area (Å²) >= 11 is 0. The predicted molar refractivity (Wildman–Crippen MR) is 79.8 cm³/mol. The number of nitrogens with one attached hydrogen (secondary N) is 1. The number of anilines is 2. The number of hydrogen-bond donors (Lipinski definition) is 2. The Morgan fingerprint density at radius 1 is 1.37 bits per heavy atom. The molecule has 0 aliphatic rings. The fraction of sp³-hybridized carbons (Fsp3) is 0.714. The van der Waals surface area contributed by atoms with Crippen LogP contribution < -0.4 is 10.2 Å². The van der Waals surface area contributed by atoms with Crippen LogP contribution in [0.15, 0.2) is 6.33 Å². The first-order valence-electron chi connectivity index (χ1n) is 7.07. The second kappa shape index (κ2) is 7.94. The Labute approximate surface area is 116 Å². The largest absolute Gasteiger partial charge is 0.393 e. The summed E-state index contributed by atoms with van der Waals surface area (Å²) in [5, 5.41) is 12.7. The van der Waals surface area contributed by atoms with E-state index >= 15 is 0 Å². The molecule has 0 bridgehead atoms. The van der Waals surface area contributed by atoms with E-state index in [0.717, 1.165) is 44.0 Å². The topological polar surface area (TPSA) is 61.3 Å². The lowest BCUT2D eigenvalue weighted by atomic mass is 10.1. The van der Waals surface area contributed by atoms with Crippen LogP contribution in [0.25, 0.3) is 0 Å². The van der Waals surface area contributed by atoms with Gasteiger partial charge in [-0.3, -0.25) is 0 Å². The summed E-state index contributed by atoms with van der Waals surface area (Å²) in [6.45, 7) is 7.67. The molecule has 2 N–H and O–H groups in total. The van der Waals surface area contributed by atoms with Crippen molar-refractivity contribution in [1.82, 2.24) is 9.97 Å². The molecule has 1 aromatic rings. The van der Waals surface area contributed by atoms with Crippen LogP contribution in [-0.4, -0.2) is 41.3 Å². The minimum atomic E-state index is -0.285. The van der Waals surface area contributed by atoms with Gasteiger partial charge in [-0.1, -0.05) is 13.3 Å². The van der Waals surface area contributed by atoms with E-state index in [1.807, 2.05) is 14.0 Å². The predicted octanol–water partition coefficient (Wildman–Crippen LogP) is 2.07. The number of aromatic nitrogens is 2. The molecule has 1 aromatic heterocycles. The molecule has 1 heterocycles. The lowest BCUT2D eigenvalue weighted by Gasteiger charge is -2.23. The van der Waals surface area contributed by atoms with Gasteiger partial charge < -0.3 is 15.3 Å². The van der Waals surface area contributed by atoms with Gasteiger partial charge in [0.15, 0.2) is 0 Å². The zero-order chi connectivity index (χ0) is 14.3. The number of rotatable bonds is 8. The molecule has 1 unspecified atom stereocenters. The van der Waals surface area contributed by atoms with Gasteiger partial charge in [0.2, 0.25) is 0 Å². The first kappa shape index (κ1) is 15.7. The Bertz CT molecular complexity index is 382. The molecular weight excluding hydrogens is 240 g/mol. The highest BCUT2D eigenvalue weighted by Crippen LogP contribution is 2.24. The van der Waals surface area contributed by atoms with Gasteiger partial charge in [-0.2, -0.15) is 0 Å². The zero-order valence-corrected chi connectivity index (χ0v) is 12.5. The fourth-order valence-corrected chi connectivity index (χ4v) is 2.02. The Morgan fingerprint density at radius 3 is 2.68 bits per heavy atom. The van der Waals surface area contributed by atoms with Gasteiger partial charge in [-0.05, 0) is 26.7 Å². The molecule has 0 radical (unpaired) electrons. The van der Waals surface area contributed by atoms with Crippen LogP contribution in [0.4, 0.5) is 11.6 Å². The second-order valence-corrected chi connectivity index (χ2v) is 4.86. The highest BCUT2D eigenvalue weighted by atomic mass is 16.3. The van der Waals surface area contributed by atoms with Crippen molar-refractivity contribution in [2.45, 2.75) is 46.1 Å². The van der Waals surface area contributed by atoms with Gasteiger partial charge in [0.05, 0.1) is 6.10 Å². The molecule has 0 aliphatic heterocycles. The monoisotopic (exact) mass is 266 g/mol. The maximum Gasteiger partial charge on any atom is 0.137 e. The van der Waals surface area contributed by atoms with E-state index in [1.54, 1.807) is 6.33 Å². The highest BCUT2D eigenvalue weighted by molar-refractivity contribution is 5.58. The molecule has 1 rings (SSSR count). The van der Waals surface area contributed by atoms with E-state index in [4.69, 9.17) is 0 Å². The van der Waals surface area contributed by atoms with Crippen LogP contribution in [0, 0.1) is 0 Å². The molecule has 1 atom stereocenters. The van der Waals surface area contributed by atoms with Gasteiger partial charge >= 0.3 is 0 Å². The smallest absolute Gasteiger partial charge is 0.137 e. The van der Waals surface area contributed by atoms with Crippen LogP contribution in [-0.2, 0) is 6.42 Å². The summed E-state index contributed by atoms with van der Waals surface area (Å²) in [4.78, 5) is 10.8. The van der Waals surface area contributed by atoms with Gasteiger partial charge in [-0.25, -0.2) is 9.97 Å². The first-order valence-corrected chi connectivity index (χ1v) is 7.07. The van der Waals surface area contributed by atoms with E-state index in [9.17, 15) is 5.11 Å². The van der Waals surface area contributed by atoms with Crippen LogP contribution >= 0.6 is 0 Å². The molecule has 0 spiro atoms. The molecule has 0 amide bonds. The molecule has 0 fully saturated rings. The van der Waals surface area contributed by atoms with E-state index in [1.165, 1.54) is 5.56 Å². The third-order valence-corrected chi connectivity index (χ3v) is 3.01. The highest BCUT2D eigenvalue weighted by Gasteiger charge is 2.14. The average molecular weight is 266 g/mol. The lowest BCUT2D eigenvalue weighted by Crippen LogP contribution is -2.24. The summed E-state index contributed by atoms with van der Waals surface area (Å²) in [6.07, 6.45) is 4.07. The average Bonchev–Trinajstić information content (AvgIpc) is 2.38. The van der Waals surface area contributed by atoms with E-state index in [-0.39, 0.29) is 6.10 Å². The van der Waals surface area contributed by atoms with Crippen LogP contribution in [0.2, 0.25) is 0 Å².